The highest BCUT2D eigenvalue weighted by atomic mass is 16.5. The van der Waals surface area contributed by atoms with Crippen LogP contribution in [0.1, 0.15) is 27.4 Å². The Kier molecular flexibility index (Phi) is 5.21. The second kappa shape index (κ2) is 7.74. The van der Waals surface area contributed by atoms with Crippen molar-refractivity contribution in [3.63, 3.8) is 0 Å². The summed E-state index contributed by atoms with van der Waals surface area (Å²) in [4.78, 5) is 20.8. The number of aromatic hydroxyl groups is 2. The van der Waals surface area contributed by atoms with Crippen LogP contribution in [-0.4, -0.2) is 40.2 Å². The van der Waals surface area contributed by atoms with Crippen molar-refractivity contribution >= 4 is 5.78 Å². The van der Waals surface area contributed by atoms with Crippen molar-refractivity contribution in [2.75, 3.05) is 14.2 Å². The largest absolute Gasteiger partial charge is 0.502 e. The number of aromatic nitrogens is 2. The third-order valence-corrected chi connectivity index (χ3v) is 3.98. The number of ketones is 1. The van der Waals surface area contributed by atoms with Crippen LogP contribution in [0, 0.1) is 0 Å². The summed E-state index contributed by atoms with van der Waals surface area (Å²) in [6, 6.07) is 13.7. The van der Waals surface area contributed by atoms with E-state index in [-0.39, 0.29) is 23.5 Å². The molecule has 0 spiro atoms. The van der Waals surface area contributed by atoms with Gasteiger partial charge in [-0.3, -0.25) is 4.79 Å². The average Bonchev–Trinajstić information content (AvgIpc) is 2.70. The van der Waals surface area contributed by atoms with E-state index in [0.29, 0.717) is 11.5 Å². The predicted octanol–water partition coefficient (Wildman–Crippen LogP) is 2.73. The number of carbonyl (C=O) groups excluding carboxylic acids is 1. The molecule has 0 atom stereocenters. The fourth-order valence-electron chi connectivity index (χ4n) is 2.55. The van der Waals surface area contributed by atoms with Crippen LogP contribution in [-0.2, 0) is 6.42 Å². The molecule has 0 aliphatic carbocycles. The smallest absolute Gasteiger partial charge is 0.258 e. The van der Waals surface area contributed by atoms with Crippen LogP contribution in [0.3, 0.4) is 0 Å². The molecule has 1 heterocycles. The number of ether oxygens (including phenoxy) is 2. The molecule has 7 heteroatoms. The summed E-state index contributed by atoms with van der Waals surface area (Å²) in [5.74, 6) is -0.415. The van der Waals surface area contributed by atoms with Crippen LogP contribution in [0.4, 0.5) is 0 Å². The van der Waals surface area contributed by atoms with E-state index in [1.807, 2.05) is 12.1 Å². The van der Waals surface area contributed by atoms with Crippen LogP contribution >= 0.6 is 0 Å². The first-order valence-electron chi connectivity index (χ1n) is 8.12. The normalized spacial score (nSPS) is 10.4. The average molecular weight is 366 g/mol. The molecule has 0 amide bonds. The lowest BCUT2D eigenvalue weighted by molar-refractivity contribution is 0.102. The van der Waals surface area contributed by atoms with Gasteiger partial charge in [0.25, 0.3) is 5.88 Å². The fraction of sp³-hybridized carbons (Fsp3) is 0.150. The molecule has 7 nitrogen and oxygen atoms in total. The molecule has 27 heavy (non-hydrogen) atoms. The van der Waals surface area contributed by atoms with Gasteiger partial charge in [0.15, 0.2) is 5.69 Å². The van der Waals surface area contributed by atoms with E-state index in [9.17, 15) is 15.0 Å². The molecule has 0 aliphatic rings. The predicted molar refractivity (Wildman–Crippen MR) is 97.6 cm³/mol. The zero-order valence-corrected chi connectivity index (χ0v) is 14.8. The maximum Gasteiger partial charge on any atom is 0.258 e. The molecule has 0 fully saturated rings. The van der Waals surface area contributed by atoms with Gasteiger partial charge in [0.1, 0.15) is 17.3 Å². The van der Waals surface area contributed by atoms with Crippen molar-refractivity contribution in [3.05, 3.63) is 71.2 Å². The van der Waals surface area contributed by atoms with Crippen LogP contribution in [0.5, 0.6) is 23.1 Å². The van der Waals surface area contributed by atoms with Gasteiger partial charge in [-0.15, -0.1) is 0 Å². The lowest BCUT2D eigenvalue weighted by Crippen LogP contribution is -2.09. The van der Waals surface area contributed by atoms with Gasteiger partial charge in [0, 0.05) is 12.0 Å². The summed E-state index contributed by atoms with van der Waals surface area (Å²) in [6.45, 7) is 0. The van der Waals surface area contributed by atoms with Crippen molar-refractivity contribution in [2.45, 2.75) is 6.42 Å². The summed E-state index contributed by atoms with van der Waals surface area (Å²) >= 11 is 0. The molecular weight excluding hydrogens is 348 g/mol. The van der Waals surface area contributed by atoms with Gasteiger partial charge in [-0.2, -0.15) is 4.98 Å². The van der Waals surface area contributed by atoms with Gasteiger partial charge in [0.05, 0.1) is 14.2 Å². The lowest BCUT2D eigenvalue weighted by Gasteiger charge is -2.09. The zero-order valence-electron chi connectivity index (χ0n) is 14.8. The third kappa shape index (κ3) is 3.98. The summed E-state index contributed by atoms with van der Waals surface area (Å²) in [5.41, 5.74) is 0.873. The van der Waals surface area contributed by atoms with Crippen molar-refractivity contribution < 1.29 is 24.5 Å². The minimum absolute atomic E-state index is 0.210. The summed E-state index contributed by atoms with van der Waals surface area (Å²) in [5, 5.41) is 20.0. The Labute approximate surface area is 155 Å². The number of hydrogen-bond donors (Lipinski definition) is 2. The van der Waals surface area contributed by atoms with Crippen LogP contribution < -0.4 is 9.47 Å². The molecule has 0 saturated heterocycles. The van der Waals surface area contributed by atoms with Crippen molar-refractivity contribution in [3.8, 4) is 23.1 Å². The minimum atomic E-state index is -0.652. The molecule has 0 aliphatic heterocycles. The van der Waals surface area contributed by atoms with Gasteiger partial charge in [0.2, 0.25) is 11.5 Å². The summed E-state index contributed by atoms with van der Waals surface area (Å²) in [7, 11) is 3.07. The molecule has 1 aromatic heterocycles. The minimum Gasteiger partial charge on any atom is -0.502 e. The first kappa shape index (κ1) is 18.2. The molecule has 2 aromatic carbocycles. The van der Waals surface area contributed by atoms with E-state index < -0.39 is 17.4 Å². The Hall–Kier alpha value is -3.61. The second-order valence-corrected chi connectivity index (χ2v) is 5.75. The van der Waals surface area contributed by atoms with Gasteiger partial charge in [-0.05, 0) is 29.8 Å². The van der Waals surface area contributed by atoms with Crippen LogP contribution in [0.25, 0.3) is 0 Å². The molecule has 0 saturated carbocycles. The fourth-order valence-corrected chi connectivity index (χ4v) is 2.55. The van der Waals surface area contributed by atoms with Crippen LogP contribution in [0.15, 0.2) is 48.5 Å². The second-order valence-electron chi connectivity index (χ2n) is 5.75. The van der Waals surface area contributed by atoms with Gasteiger partial charge < -0.3 is 19.7 Å². The number of nitrogens with zero attached hydrogens (tertiary/aromatic N) is 2. The van der Waals surface area contributed by atoms with Crippen molar-refractivity contribution in [1.82, 2.24) is 9.97 Å². The Morgan fingerprint density at radius 2 is 1.67 bits per heavy atom. The van der Waals surface area contributed by atoms with E-state index in [4.69, 9.17) is 9.47 Å². The maximum atomic E-state index is 12.7. The van der Waals surface area contributed by atoms with Gasteiger partial charge in [-0.25, -0.2) is 4.98 Å². The lowest BCUT2D eigenvalue weighted by atomic mass is 10.1. The first-order valence-corrected chi connectivity index (χ1v) is 8.12. The molecule has 0 radical (unpaired) electrons. The Morgan fingerprint density at radius 3 is 2.33 bits per heavy atom. The zero-order chi connectivity index (χ0) is 19.4. The number of benzene rings is 2. The molecule has 3 aromatic rings. The van der Waals surface area contributed by atoms with Gasteiger partial charge in [-0.1, -0.05) is 24.3 Å². The SMILES string of the molecule is COc1ccc(Cc2nc(O)c(O)c(C(=O)c3cccc(OC)c3)n2)cc1. The maximum absolute atomic E-state index is 12.7. The van der Waals surface area contributed by atoms with Crippen LogP contribution in [0.2, 0.25) is 0 Å². The standard InChI is InChI=1S/C20H18N2O5/c1-26-14-8-6-12(7-9-14)10-16-21-17(19(24)20(25)22-16)18(23)13-4-3-5-15(11-13)27-2/h3-9,11,24H,10H2,1-2H3,(H,21,22,25). The quantitative estimate of drug-likeness (QED) is 0.647. The summed E-state index contributed by atoms with van der Waals surface area (Å²) in [6.07, 6.45) is 0.274. The topological polar surface area (TPSA) is 102 Å². The first-order chi connectivity index (χ1) is 13.0. The van der Waals surface area contributed by atoms with E-state index in [0.717, 1.165) is 5.56 Å². The molecule has 0 unspecified atom stereocenters. The molecular formula is C20H18N2O5. The highest BCUT2D eigenvalue weighted by Gasteiger charge is 2.21. The van der Waals surface area contributed by atoms with E-state index in [1.54, 1.807) is 37.4 Å². The molecule has 2 N–H and O–H groups in total. The van der Waals surface area contributed by atoms with Crippen molar-refractivity contribution in [2.24, 2.45) is 0 Å². The highest BCUT2D eigenvalue weighted by molar-refractivity contribution is 6.09. The third-order valence-electron chi connectivity index (χ3n) is 3.98. The van der Waals surface area contributed by atoms with E-state index in [2.05, 4.69) is 9.97 Å². The highest BCUT2D eigenvalue weighted by Crippen LogP contribution is 2.28. The van der Waals surface area contributed by atoms with E-state index in [1.165, 1.54) is 13.2 Å². The number of hydrogen-bond acceptors (Lipinski definition) is 7. The Morgan fingerprint density at radius 1 is 0.963 bits per heavy atom. The number of methoxy groups -OCH3 is 2. The molecule has 138 valence electrons. The molecule has 0 bridgehead atoms. The van der Waals surface area contributed by atoms with Gasteiger partial charge >= 0.3 is 0 Å². The Balaban J connectivity index is 1.94. The number of rotatable bonds is 6. The van der Waals surface area contributed by atoms with Crippen molar-refractivity contribution in [1.29, 1.82) is 0 Å². The Bertz CT molecular complexity index is 971. The monoisotopic (exact) mass is 366 g/mol. The number of carbonyl (C=O) groups is 1. The summed E-state index contributed by atoms with van der Waals surface area (Å²) < 4.78 is 10.2. The van der Waals surface area contributed by atoms with E-state index >= 15 is 0 Å². The molecule has 3 rings (SSSR count).